The Balaban J connectivity index is 2.11. The summed E-state index contributed by atoms with van der Waals surface area (Å²) in [6.07, 6.45) is 5.18. The van der Waals surface area contributed by atoms with Gasteiger partial charge in [0.05, 0.1) is 11.6 Å². The van der Waals surface area contributed by atoms with E-state index >= 15 is 0 Å². The molecule has 90 valence electrons. The highest BCUT2D eigenvalue weighted by Crippen LogP contribution is 2.22. The van der Waals surface area contributed by atoms with Crippen LogP contribution in [0.15, 0.2) is 24.3 Å². The Morgan fingerprint density at radius 1 is 1.35 bits per heavy atom. The lowest BCUT2D eigenvalue weighted by Crippen LogP contribution is -2.38. The molecular weight excluding hydrogens is 208 g/mol. The molecule has 1 fully saturated rings. The van der Waals surface area contributed by atoms with Crippen LogP contribution in [-0.4, -0.2) is 17.5 Å². The van der Waals surface area contributed by atoms with Gasteiger partial charge in [-0.15, -0.1) is 0 Å². The molecule has 0 aromatic heterocycles. The van der Waals surface area contributed by atoms with E-state index in [4.69, 9.17) is 5.26 Å². The summed E-state index contributed by atoms with van der Waals surface area (Å²) in [4.78, 5) is 2.54. The predicted octanol–water partition coefficient (Wildman–Crippen LogP) is 3.32. The summed E-state index contributed by atoms with van der Waals surface area (Å²) in [5.41, 5.74) is 2.00. The molecule has 1 unspecified atom stereocenters. The fraction of sp³-hybridized carbons (Fsp3) is 0.533. The molecule has 0 radical (unpaired) electrons. The first-order valence-electron chi connectivity index (χ1n) is 6.57. The first kappa shape index (κ1) is 12.1. The number of piperidine rings is 1. The molecule has 0 spiro atoms. The van der Waals surface area contributed by atoms with E-state index in [1.54, 1.807) is 0 Å². The van der Waals surface area contributed by atoms with Gasteiger partial charge in [0.1, 0.15) is 0 Å². The van der Waals surface area contributed by atoms with Gasteiger partial charge in [-0.2, -0.15) is 5.26 Å². The number of nitrogens with zero attached hydrogens (tertiary/aromatic N) is 2. The molecule has 0 amide bonds. The normalized spacial score (nSPS) is 21.1. The number of hydrogen-bond acceptors (Lipinski definition) is 2. The summed E-state index contributed by atoms with van der Waals surface area (Å²) in [6, 6.07) is 11.0. The fourth-order valence-electron chi connectivity index (χ4n) is 2.72. The van der Waals surface area contributed by atoms with Crippen LogP contribution in [-0.2, 0) is 6.54 Å². The Labute approximate surface area is 104 Å². The molecule has 2 rings (SSSR count). The van der Waals surface area contributed by atoms with Crippen LogP contribution >= 0.6 is 0 Å². The van der Waals surface area contributed by atoms with Gasteiger partial charge >= 0.3 is 0 Å². The highest BCUT2D eigenvalue weighted by molar-refractivity contribution is 5.37. The number of nitriles is 1. The highest BCUT2D eigenvalue weighted by atomic mass is 15.2. The van der Waals surface area contributed by atoms with Crippen molar-refractivity contribution in [1.82, 2.24) is 4.90 Å². The van der Waals surface area contributed by atoms with E-state index in [9.17, 15) is 0 Å². The van der Waals surface area contributed by atoms with Crippen molar-refractivity contribution < 1.29 is 0 Å². The molecule has 17 heavy (non-hydrogen) atoms. The van der Waals surface area contributed by atoms with E-state index in [1.807, 2.05) is 18.2 Å². The van der Waals surface area contributed by atoms with E-state index in [0.29, 0.717) is 6.04 Å². The van der Waals surface area contributed by atoms with E-state index in [2.05, 4.69) is 24.0 Å². The van der Waals surface area contributed by atoms with Crippen LogP contribution in [0.5, 0.6) is 0 Å². The number of benzene rings is 1. The van der Waals surface area contributed by atoms with Crippen LogP contribution in [0.25, 0.3) is 0 Å². The van der Waals surface area contributed by atoms with Crippen LogP contribution in [0, 0.1) is 11.3 Å². The zero-order chi connectivity index (χ0) is 12.1. The maximum Gasteiger partial charge on any atom is 0.0995 e. The van der Waals surface area contributed by atoms with E-state index in [-0.39, 0.29) is 0 Å². The molecule has 1 aliphatic rings. The minimum absolute atomic E-state index is 0.704. The zero-order valence-corrected chi connectivity index (χ0v) is 10.5. The lowest BCUT2D eigenvalue weighted by atomic mass is 9.98. The summed E-state index contributed by atoms with van der Waals surface area (Å²) in [5.74, 6) is 0. The van der Waals surface area contributed by atoms with Crippen LogP contribution < -0.4 is 0 Å². The molecule has 1 saturated heterocycles. The standard InChI is InChI=1S/C15H20N2/c1-2-15-9-5-6-10-17(15)12-14-8-4-3-7-13(14)11-16/h3-4,7-8,15H,2,5-6,9-10,12H2,1H3. The molecule has 0 aliphatic carbocycles. The van der Waals surface area contributed by atoms with Crippen molar-refractivity contribution in [3.05, 3.63) is 35.4 Å². The molecule has 1 heterocycles. The van der Waals surface area contributed by atoms with Crippen molar-refractivity contribution in [3.63, 3.8) is 0 Å². The van der Waals surface area contributed by atoms with Crippen LogP contribution in [0.1, 0.15) is 43.7 Å². The Bertz CT molecular complexity index is 406. The maximum absolute atomic E-state index is 9.10. The predicted molar refractivity (Wildman–Crippen MR) is 69.5 cm³/mol. The van der Waals surface area contributed by atoms with Gasteiger partial charge in [0.25, 0.3) is 0 Å². The van der Waals surface area contributed by atoms with Gasteiger partial charge in [-0.3, -0.25) is 4.90 Å². The minimum atomic E-state index is 0.704. The summed E-state index contributed by atoms with van der Waals surface area (Å²) >= 11 is 0. The molecule has 1 aromatic rings. The molecule has 2 heteroatoms. The van der Waals surface area contributed by atoms with Crippen molar-refractivity contribution in [2.45, 2.75) is 45.2 Å². The Morgan fingerprint density at radius 3 is 2.94 bits per heavy atom. The third-order valence-electron chi connectivity index (χ3n) is 3.73. The van der Waals surface area contributed by atoms with Gasteiger partial charge in [-0.05, 0) is 37.4 Å². The van der Waals surface area contributed by atoms with E-state index in [0.717, 1.165) is 12.1 Å². The molecule has 0 N–H and O–H groups in total. The van der Waals surface area contributed by atoms with Gasteiger partial charge in [0.2, 0.25) is 0 Å². The molecule has 0 bridgehead atoms. The molecular formula is C15H20N2. The molecule has 1 aliphatic heterocycles. The first-order valence-corrected chi connectivity index (χ1v) is 6.57. The highest BCUT2D eigenvalue weighted by Gasteiger charge is 2.21. The van der Waals surface area contributed by atoms with E-state index < -0.39 is 0 Å². The van der Waals surface area contributed by atoms with Gasteiger partial charge in [-0.1, -0.05) is 31.5 Å². The first-order chi connectivity index (χ1) is 8.35. The largest absolute Gasteiger partial charge is 0.296 e. The average Bonchev–Trinajstić information content (AvgIpc) is 2.40. The summed E-state index contributed by atoms with van der Waals surface area (Å²) in [7, 11) is 0. The minimum Gasteiger partial charge on any atom is -0.296 e. The molecule has 2 nitrogen and oxygen atoms in total. The van der Waals surface area contributed by atoms with Crippen LogP contribution in [0.3, 0.4) is 0 Å². The quantitative estimate of drug-likeness (QED) is 0.793. The van der Waals surface area contributed by atoms with Gasteiger partial charge < -0.3 is 0 Å². The third kappa shape index (κ3) is 2.87. The second kappa shape index (κ2) is 5.84. The van der Waals surface area contributed by atoms with Crippen LogP contribution in [0.4, 0.5) is 0 Å². The van der Waals surface area contributed by atoms with Gasteiger partial charge in [0.15, 0.2) is 0 Å². The molecule has 1 atom stereocenters. The van der Waals surface area contributed by atoms with Crippen LogP contribution in [0.2, 0.25) is 0 Å². The SMILES string of the molecule is CCC1CCCCN1Cc1ccccc1C#N. The molecule has 1 aromatic carbocycles. The van der Waals surface area contributed by atoms with Gasteiger partial charge in [0, 0.05) is 12.6 Å². The fourth-order valence-corrected chi connectivity index (χ4v) is 2.72. The van der Waals surface area contributed by atoms with Crippen molar-refractivity contribution in [2.24, 2.45) is 0 Å². The smallest absolute Gasteiger partial charge is 0.0995 e. The van der Waals surface area contributed by atoms with Crippen molar-refractivity contribution in [2.75, 3.05) is 6.54 Å². The van der Waals surface area contributed by atoms with Gasteiger partial charge in [-0.25, -0.2) is 0 Å². The summed E-state index contributed by atoms with van der Waals surface area (Å²) in [5, 5.41) is 9.10. The zero-order valence-electron chi connectivity index (χ0n) is 10.5. The number of rotatable bonds is 3. The number of hydrogen-bond donors (Lipinski definition) is 0. The number of likely N-dealkylation sites (tertiary alicyclic amines) is 1. The topological polar surface area (TPSA) is 27.0 Å². The van der Waals surface area contributed by atoms with Crippen molar-refractivity contribution in [3.8, 4) is 6.07 Å². The lowest BCUT2D eigenvalue weighted by molar-refractivity contribution is 0.136. The maximum atomic E-state index is 9.10. The second-order valence-electron chi connectivity index (χ2n) is 4.80. The average molecular weight is 228 g/mol. The third-order valence-corrected chi connectivity index (χ3v) is 3.73. The van der Waals surface area contributed by atoms with Crippen molar-refractivity contribution in [1.29, 1.82) is 5.26 Å². The lowest BCUT2D eigenvalue weighted by Gasteiger charge is -2.35. The molecule has 0 saturated carbocycles. The second-order valence-corrected chi connectivity index (χ2v) is 4.80. The Kier molecular flexibility index (Phi) is 4.17. The Hall–Kier alpha value is -1.33. The van der Waals surface area contributed by atoms with Crippen molar-refractivity contribution >= 4 is 0 Å². The summed E-state index contributed by atoms with van der Waals surface area (Å²) < 4.78 is 0. The van der Waals surface area contributed by atoms with E-state index in [1.165, 1.54) is 37.8 Å². The Morgan fingerprint density at radius 2 is 2.18 bits per heavy atom. The monoisotopic (exact) mass is 228 g/mol. The summed E-state index contributed by atoms with van der Waals surface area (Å²) in [6.45, 7) is 4.37.